The number of methoxy groups -OCH3 is 1. The van der Waals surface area contributed by atoms with E-state index in [0.717, 1.165) is 0 Å². The number of ether oxygens (including phenoxy) is 1. The van der Waals surface area contributed by atoms with Gasteiger partial charge in [-0.25, -0.2) is 0 Å². The van der Waals surface area contributed by atoms with Crippen molar-refractivity contribution in [3.63, 3.8) is 0 Å². The molecule has 0 atom stereocenters. The van der Waals surface area contributed by atoms with E-state index in [-0.39, 0.29) is 13.2 Å². The Bertz CT molecular complexity index is 31.0. The number of rotatable bonds is 2. The van der Waals surface area contributed by atoms with Crippen molar-refractivity contribution < 1.29 is 14.9 Å². The zero-order chi connectivity index (χ0) is 9.54. The van der Waals surface area contributed by atoms with Crippen molar-refractivity contribution in [2.45, 2.75) is 0 Å². The van der Waals surface area contributed by atoms with E-state index in [1.807, 2.05) is 0 Å². The van der Waals surface area contributed by atoms with E-state index in [2.05, 4.69) is 4.74 Å². The lowest BCUT2D eigenvalue weighted by Gasteiger charge is -1.70. The first kappa shape index (κ1) is 17.5. The molecule has 0 aliphatic carbocycles. The van der Waals surface area contributed by atoms with Gasteiger partial charge in [0.25, 0.3) is 0 Å². The Labute approximate surface area is 77.9 Å². The number of alkyl halides is 2. The van der Waals surface area contributed by atoms with Crippen LogP contribution < -0.4 is 0 Å². The highest BCUT2D eigenvalue weighted by atomic mass is 35.5. The Balaban J connectivity index is -0.0000000886. The van der Waals surface area contributed by atoms with Gasteiger partial charge in [0.1, 0.15) is 0 Å². The Kier molecular flexibility index (Phi) is 50.0. The maximum absolute atomic E-state index is 7.62. The predicted molar refractivity (Wildman–Crippen MR) is 48.5 cm³/mol. The van der Waals surface area contributed by atoms with Gasteiger partial charge in [-0.1, -0.05) is 0 Å². The molecule has 0 bridgehead atoms. The van der Waals surface area contributed by atoms with Gasteiger partial charge in [-0.2, -0.15) is 0 Å². The van der Waals surface area contributed by atoms with Crippen molar-refractivity contribution in [1.29, 1.82) is 0 Å². The van der Waals surface area contributed by atoms with E-state index in [9.17, 15) is 0 Å². The Morgan fingerprint density at radius 1 is 1.00 bits per heavy atom. The third kappa shape index (κ3) is 124. The molecule has 0 saturated heterocycles. The van der Waals surface area contributed by atoms with E-state index < -0.39 is 0 Å². The molecular weight excluding hydrogens is 191 g/mol. The number of aliphatic hydroxyl groups is 2. The number of hydrogen-bond acceptors (Lipinski definition) is 3. The van der Waals surface area contributed by atoms with Crippen LogP contribution in [0.1, 0.15) is 0 Å². The normalized spacial score (nSPS) is 7.09. The maximum Gasteiger partial charge on any atom is 0.0662 e. The summed E-state index contributed by atoms with van der Waals surface area (Å²) in [5, 5.41) is 15.2. The largest absolute Gasteiger partial charge is 0.394 e. The van der Waals surface area contributed by atoms with Gasteiger partial charge in [0.2, 0.25) is 0 Å². The minimum Gasteiger partial charge on any atom is -0.394 e. The SMILES string of the molecule is COC.ClCCCl.OCCO. The minimum absolute atomic E-state index is 0.125. The molecule has 0 aromatic rings. The van der Waals surface area contributed by atoms with Crippen molar-refractivity contribution in [3.05, 3.63) is 0 Å². The van der Waals surface area contributed by atoms with Crippen molar-refractivity contribution in [3.8, 4) is 0 Å². The van der Waals surface area contributed by atoms with Gasteiger partial charge in [-0.05, 0) is 0 Å². The third-order valence-corrected chi connectivity index (χ3v) is 0.743. The fourth-order valence-electron chi connectivity index (χ4n) is 0. The highest BCUT2D eigenvalue weighted by Crippen LogP contribution is 1.75. The molecule has 0 amide bonds. The van der Waals surface area contributed by atoms with Gasteiger partial charge in [-0.3, -0.25) is 0 Å². The Morgan fingerprint density at radius 2 is 1.18 bits per heavy atom. The van der Waals surface area contributed by atoms with Crippen LogP contribution in [0.5, 0.6) is 0 Å². The first-order valence-electron chi connectivity index (χ1n) is 2.98. The van der Waals surface area contributed by atoms with Crippen molar-refractivity contribution in [1.82, 2.24) is 0 Å². The smallest absolute Gasteiger partial charge is 0.0662 e. The molecule has 0 aliphatic rings. The van der Waals surface area contributed by atoms with Crippen LogP contribution in [-0.4, -0.2) is 49.4 Å². The Hall–Kier alpha value is 0.460. The molecule has 0 spiro atoms. The lowest BCUT2D eigenvalue weighted by molar-refractivity contribution is 0.186. The minimum atomic E-state index is -0.125. The van der Waals surface area contributed by atoms with Gasteiger partial charge < -0.3 is 14.9 Å². The highest BCUT2D eigenvalue weighted by Gasteiger charge is 1.61. The van der Waals surface area contributed by atoms with Crippen LogP contribution in [0.2, 0.25) is 0 Å². The summed E-state index contributed by atoms with van der Waals surface area (Å²) in [5.41, 5.74) is 0. The quantitative estimate of drug-likeness (QED) is 0.655. The second-order valence-electron chi connectivity index (χ2n) is 1.23. The second kappa shape index (κ2) is 31.4. The van der Waals surface area contributed by atoms with E-state index in [1.54, 1.807) is 14.2 Å². The molecule has 72 valence electrons. The predicted octanol–water partition coefficient (Wildman–Crippen LogP) is 0.698. The fraction of sp³-hybridized carbons (Fsp3) is 1.00. The molecule has 0 unspecified atom stereocenters. The molecule has 0 radical (unpaired) electrons. The molecule has 0 fully saturated rings. The molecule has 3 nitrogen and oxygen atoms in total. The molecule has 0 heterocycles. The molecule has 0 aromatic heterocycles. The van der Waals surface area contributed by atoms with Crippen molar-refractivity contribution in [2.24, 2.45) is 0 Å². The van der Waals surface area contributed by atoms with Crippen LogP contribution in [0.25, 0.3) is 0 Å². The molecule has 2 N–H and O–H groups in total. The van der Waals surface area contributed by atoms with Crippen LogP contribution in [0, 0.1) is 0 Å². The van der Waals surface area contributed by atoms with Crippen LogP contribution >= 0.6 is 23.2 Å². The second-order valence-corrected chi connectivity index (χ2v) is 1.99. The lowest BCUT2D eigenvalue weighted by Crippen LogP contribution is -1.85. The third-order valence-electron chi connectivity index (χ3n) is 0.171. The summed E-state index contributed by atoms with van der Waals surface area (Å²) in [6.07, 6.45) is 0. The molecular formula is C6H16Cl2O3. The molecule has 0 saturated carbocycles. The van der Waals surface area contributed by atoms with Gasteiger partial charge >= 0.3 is 0 Å². The first-order valence-corrected chi connectivity index (χ1v) is 4.05. The standard InChI is InChI=1S/C2H4Cl2.C2H6O2.C2H6O/c2*3-1-2-4;1-3-2/h1-2H2;3-4H,1-2H2;1-2H3. The van der Waals surface area contributed by atoms with Gasteiger partial charge in [-0.15, -0.1) is 23.2 Å². The van der Waals surface area contributed by atoms with Gasteiger partial charge in [0.05, 0.1) is 13.2 Å². The zero-order valence-corrected chi connectivity index (χ0v) is 8.40. The average Bonchev–Trinajstić information content (AvgIpc) is 2.06. The van der Waals surface area contributed by atoms with Crippen LogP contribution in [-0.2, 0) is 4.74 Å². The van der Waals surface area contributed by atoms with E-state index in [4.69, 9.17) is 33.4 Å². The van der Waals surface area contributed by atoms with Crippen LogP contribution in [0.4, 0.5) is 0 Å². The molecule has 0 aromatic carbocycles. The summed E-state index contributed by atoms with van der Waals surface area (Å²) < 4.78 is 4.25. The number of hydrogen-bond donors (Lipinski definition) is 2. The number of aliphatic hydroxyl groups excluding tert-OH is 2. The molecule has 5 heteroatoms. The Morgan fingerprint density at radius 3 is 1.18 bits per heavy atom. The average molecular weight is 207 g/mol. The van der Waals surface area contributed by atoms with Crippen LogP contribution in [0.15, 0.2) is 0 Å². The molecule has 0 rings (SSSR count). The van der Waals surface area contributed by atoms with Gasteiger partial charge in [0.15, 0.2) is 0 Å². The summed E-state index contributed by atoms with van der Waals surface area (Å²) in [5.74, 6) is 1.11. The van der Waals surface area contributed by atoms with Crippen molar-refractivity contribution in [2.75, 3.05) is 39.2 Å². The van der Waals surface area contributed by atoms with E-state index in [0.29, 0.717) is 11.8 Å². The van der Waals surface area contributed by atoms with Gasteiger partial charge in [0, 0.05) is 26.0 Å². The van der Waals surface area contributed by atoms with E-state index >= 15 is 0 Å². The fourth-order valence-corrected chi connectivity index (χ4v) is 0. The maximum atomic E-state index is 7.62. The highest BCUT2D eigenvalue weighted by molar-refractivity contribution is 6.25. The summed E-state index contributed by atoms with van der Waals surface area (Å²) in [6, 6.07) is 0. The summed E-state index contributed by atoms with van der Waals surface area (Å²) >= 11 is 10.1. The van der Waals surface area contributed by atoms with Crippen molar-refractivity contribution >= 4 is 23.2 Å². The number of halogens is 2. The summed E-state index contributed by atoms with van der Waals surface area (Å²) in [7, 11) is 3.25. The zero-order valence-electron chi connectivity index (χ0n) is 6.89. The molecule has 0 aliphatic heterocycles. The topological polar surface area (TPSA) is 49.7 Å². The van der Waals surface area contributed by atoms with E-state index in [1.165, 1.54) is 0 Å². The lowest BCUT2D eigenvalue weighted by atomic mass is 10.8. The van der Waals surface area contributed by atoms with Crippen LogP contribution in [0.3, 0.4) is 0 Å². The first-order chi connectivity index (χ1) is 5.24. The molecule has 11 heavy (non-hydrogen) atoms. The summed E-state index contributed by atoms with van der Waals surface area (Å²) in [6.45, 7) is -0.250. The summed E-state index contributed by atoms with van der Waals surface area (Å²) in [4.78, 5) is 0. The monoisotopic (exact) mass is 206 g/mol.